The van der Waals surface area contributed by atoms with E-state index in [1.54, 1.807) is 16.2 Å². The van der Waals surface area contributed by atoms with Gasteiger partial charge in [-0.3, -0.25) is 9.59 Å². The number of piperidine rings is 1. The van der Waals surface area contributed by atoms with E-state index in [2.05, 4.69) is 34.5 Å². The Morgan fingerprint density at radius 3 is 2.46 bits per heavy atom. The molecule has 0 aliphatic carbocycles. The fourth-order valence-corrected chi connectivity index (χ4v) is 6.64. The van der Waals surface area contributed by atoms with E-state index in [0.29, 0.717) is 6.54 Å². The molecule has 0 radical (unpaired) electrons. The Kier molecular flexibility index (Phi) is 15.7. The summed E-state index contributed by atoms with van der Waals surface area (Å²) in [7, 11) is 2.82. The number of rotatable bonds is 6. The summed E-state index contributed by atoms with van der Waals surface area (Å²) in [5, 5.41) is 10.1. The second-order valence-electron chi connectivity index (χ2n) is 9.95. The van der Waals surface area contributed by atoms with Crippen molar-refractivity contribution in [2.45, 2.75) is 57.5 Å². The summed E-state index contributed by atoms with van der Waals surface area (Å²) in [6, 6.07) is 12.7. The maximum Gasteiger partial charge on any atom is 0.242 e. The zero-order chi connectivity index (χ0) is 30.2. The Balaban J connectivity index is 0.000000380. The van der Waals surface area contributed by atoms with Crippen molar-refractivity contribution in [2.75, 3.05) is 51.8 Å². The maximum atomic E-state index is 13.0. The van der Waals surface area contributed by atoms with Crippen LogP contribution in [0.3, 0.4) is 0 Å². The number of para-hydroxylation sites is 1. The van der Waals surface area contributed by atoms with Gasteiger partial charge < -0.3 is 29.9 Å². The molecule has 4 heterocycles. The number of hydrogen-bond acceptors (Lipinski definition) is 7. The maximum absolute atomic E-state index is 13.0. The number of nitrogens with one attached hydrogen (secondary N) is 1. The van der Waals surface area contributed by atoms with Crippen LogP contribution in [0, 0.1) is 0 Å². The molecule has 2 amide bonds. The molecule has 8 nitrogen and oxygen atoms in total. The van der Waals surface area contributed by atoms with Gasteiger partial charge in [-0.05, 0) is 82.3 Å². The van der Waals surface area contributed by atoms with Gasteiger partial charge in [-0.25, -0.2) is 0 Å². The number of thiophene rings is 1. The van der Waals surface area contributed by atoms with Crippen molar-refractivity contribution in [3.63, 3.8) is 0 Å². The minimum atomic E-state index is -0.138. The number of aliphatic hydroxyl groups excluding tert-OH is 1. The number of likely N-dealkylation sites (tertiary alicyclic amines) is 2. The van der Waals surface area contributed by atoms with Crippen molar-refractivity contribution in [1.29, 1.82) is 0 Å². The number of allylic oxidation sites excluding steroid dienone is 1. The van der Waals surface area contributed by atoms with E-state index >= 15 is 0 Å². The highest BCUT2D eigenvalue weighted by atomic mass is 35.5. The second kappa shape index (κ2) is 18.7. The van der Waals surface area contributed by atoms with Gasteiger partial charge in [-0.2, -0.15) is 0 Å². The molecule has 1 unspecified atom stereocenters. The highest BCUT2D eigenvalue weighted by molar-refractivity contribution is 7.16. The number of hydrogen-bond donors (Lipinski definition) is 2. The number of carbonyl (C=O) groups is 3. The first-order valence-corrected chi connectivity index (χ1v) is 15.4. The molecule has 0 saturated carbocycles. The summed E-state index contributed by atoms with van der Waals surface area (Å²) < 4.78 is 0.850. The molecule has 0 spiro atoms. The van der Waals surface area contributed by atoms with Crippen LogP contribution in [-0.2, 0) is 20.8 Å². The van der Waals surface area contributed by atoms with Crippen LogP contribution >= 0.6 is 22.9 Å². The molecular weight excluding hydrogens is 560 g/mol. The minimum Gasteiger partial charge on any atom is -0.400 e. The average Bonchev–Trinajstić information content (AvgIpc) is 3.65. The van der Waals surface area contributed by atoms with Gasteiger partial charge in [-0.15, -0.1) is 11.3 Å². The quantitative estimate of drug-likeness (QED) is 0.504. The lowest BCUT2D eigenvalue weighted by Gasteiger charge is -2.37. The fraction of sp³-hybridized carbons (Fsp3) is 0.516. The molecule has 2 saturated heterocycles. The van der Waals surface area contributed by atoms with Gasteiger partial charge >= 0.3 is 0 Å². The van der Waals surface area contributed by atoms with Crippen LogP contribution in [0.5, 0.6) is 0 Å². The van der Waals surface area contributed by atoms with E-state index in [-0.39, 0.29) is 30.4 Å². The largest absolute Gasteiger partial charge is 0.400 e. The molecule has 1 aromatic carbocycles. The zero-order valence-electron chi connectivity index (χ0n) is 24.6. The van der Waals surface area contributed by atoms with Gasteiger partial charge in [0, 0.05) is 49.9 Å². The lowest BCUT2D eigenvalue weighted by molar-refractivity contribution is -0.143. The summed E-state index contributed by atoms with van der Waals surface area (Å²) in [6.45, 7) is 7.69. The van der Waals surface area contributed by atoms with Crippen molar-refractivity contribution in [3.05, 3.63) is 57.3 Å². The molecule has 5 rings (SSSR count). The third-order valence-corrected chi connectivity index (χ3v) is 8.66. The number of aryl methyl sites for hydroxylation is 1. The van der Waals surface area contributed by atoms with E-state index in [1.807, 2.05) is 49.9 Å². The molecule has 2 N–H and O–H groups in total. The van der Waals surface area contributed by atoms with Gasteiger partial charge in [0.2, 0.25) is 11.8 Å². The number of halogens is 1. The molecule has 0 bridgehead atoms. The van der Waals surface area contributed by atoms with E-state index in [1.165, 1.54) is 22.5 Å². The van der Waals surface area contributed by atoms with Gasteiger partial charge in [-0.1, -0.05) is 35.9 Å². The third kappa shape index (κ3) is 9.95. The van der Waals surface area contributed by atoms with Crippen LogP contribution in [0.25, 0.3) is 6.08 Å². The van der Waals surface area contributed by atoms with Gasteiger partial charge in [0.05, 0.1) is 16.9 Å². The lowest BCUT2D eigenvalue weighted by atomic mass is 10.0. The van der Waals surface area contributed by atoms with Crippen molar-refractivity contribution in [2.24, 2.45) is 0 Å². The van der Waals surface area contributed by atoms with Crippen LogP contribution in [0.15, 0.2) is 42.5 Å². The SMILES string of the molecule is C/C=C/c1ccc(Cl)s1.C=O.CN[C@H]1CCCN(CC(=O)N2CCCC2CN2CCCc3ccccc32)C1=O.CO. The monoisotopic (exact) mass is 604 g/mol. The van der Waals surface area contributed by atoms with E-state index in [9.17, 15) is 9.59 Å². The zero-order valence-corrected chi connectivity index (χ0v) is 26.1. The first-order valence-electron chi connectivity index (χ1n) is 14.2. The Bertz CT molecular complexity index is 1110. The predicted molar refractivity (Wildman–Crippen MR) is 170 cm³/mol. The molecule has 2 atom stereocenters. The Hall–Kier alpha value is -2.72. The third-order valence-electron chi connectivity index (χ3n) is 7.47. The molecule has 1 aromatic heterocycles. The predicted octanol–water partition coefficient (Wildman–Crippen LogP) is 4.50. The van der Waals surface area contributed by atoms with Crippen LogP contribution < -0.4 is 10.2 Å². The first-order chi connectivity index (χ1) is 20.0. The highest BCUT2D eigenvalue weighted by Crippen LogP contribution is 2.29. The summed E-state index contributed by atoms with van der Waals surface area (Å²) in [6.07, 6.45) is 10.3. The van der Waals surface area contributed by atoms with E-state index in [4.69, 9.17) is 21.5 Å². The van der Waals surface area contributed by atoms with E-state index < -0.39 is 0 Å². The first kappa shape index (κ1) is 34.5. The topological polar surface area (TPSA) is 93.2 Å². The highest BCUT2D eigenvalue weighted by Gasteiger charge is 2.34. The van der Waals surface area contributed by atoms with Crippen LogP contribution in [0.4, 0.5) is 5.69 Å². The van der Waals surface area contributed by atoms with Crippen molar-refractivity contribution in [1.82, 2.24) is 15.1 Å². The minimum absolute atomic E-state index is 0.0720. The Morgan fingerprint density at radius 2 is 1.78 bits per heavy atom. The number of amides is 2. The summed E-state index contributed by atoms with van der Waals surface area (Å²) in [5.74, 6) is 0.181. The normalized spacial score (nSPS) is 19.8. The Morgan fingerprint density at radius 1 is 1.07 bits per heavy atom. The molecule has 2 fully saturated rings. The molecular formula is C31H45ClN4O4S. The van der Waals surface area contributed by atoms with Crippen molar-refractivity contribution < 1.29 is 19.5 Å². The Labute approximate surface area is 254 Å². The molecule has 3 aliphatic rings. The van der Waals surface area contributed by atoms with Crippen molar-refractivity contribution in [3.8, 4) is 0 Å². The number of likely N-dealkylation sites (N-methyl/N-ethyl adjacent to an activating group) is 1. The lowest BCUT2D eigenvalue weighted by Crippen LogP contribution is -2.54. The standard InChI is InChI=1S/C22H32N4O2.C7H7ClS.CH4O.CH2O/c1-23-19-10-6-13-25(22(19)28)16-21(27)26-14-5-9-18(26)15-24-12-4-8-17-7-2-3-11-20(17)24;1-2-3-6-4-5-7(8)9-6;2*1-2/h2-3,7,11,18-19,23H,4-6,8-10,12-16H2,1H3;2-5H,1H3;2H,1H3;1H2/b;3-2+;;/t18?,19-;;;/m0.../s1. The molecule has 226 valence electrons. The van der Waals surface area contributed by atoms with Crippen LogP contribution in [0.2, 0.25) is 4.34 Å². The van der Waals surface area contributed by atoms with Crippen LogP contribution in [0.1, 0.15) is 49.5 Å². The molecule has 3 aliphatic heterocycles. The summed E-state index contributed by atoms with van der Waals surface area (Å²) in [5.41, 5.74) is 2.75. The molecule has 2 aromatic rings. The number of anilines is 1. The van der Waals surface area contributed by atoms with Gasteiger partial charge in [0.1, 0.15) is 6.79 Å². The average molecular weight is 605 g/mol. The second-order valence-corrected chi connectivity index (χ2v) is 11.7. The number of nitrogens with zero attached hydrogens (tertiary/aromatic N) is 3. The molecule has 41 heavy (non-hydrogen) atoms. The number of benzene rings is 1. The summed E-state index contributed by atoms with van der Waals surface area (Å²) >= 11 is 7.27. The smallest absolute Gasteiger partial charge is 0.242 e. The van der Waals surface area contributed by atoms with Crippen LogP contribution in [-0.4, -0.2) is 92.5 Å². The van der Waals surface area contributed by atoms with Crippen molar-refractivity contribution >= 4 is 53.3 Å². The molecule has 10 heteroatoms. The number of fused-ring (bicyclic) bond motifs is 1. The summed E-state index contributed by atoms with van der Waals surface area (Å²) in [4.78, 5) is 41.0. The van der Waals surface area contributed by atoms with E-state index in [0.717, 1.165) is 63.2 Å². The van der Waals surface area contributed by atoms with Gasteiger partial charge in [0.15, 0.2) is 0 Å². The number of aliphatic hydroxyl groups is 1. The van der Waals surface area contributed by atoms with Gasteiger partial charge in [0.25, 0.3) is 0 Å². The number of carbonyl (C=O) groups excluding carboxylic acids is 3. The fourth-order valence-electron chi connectivity index (χ4n) is 5.61.